The van der Waals surface area contributed by atoms with Crippen LogP contribution in [0.25, 0.3) is 11.0 Å². The van der Waals surface area contributed by atoms with Gasteiger partial charge in [0.2, 0.25) is 15.6 Å². The highest BCUT2D eigenvalue weighted by atomic mass is 35.5. The van der Waals surface area contributed by atoms with Gasteiger partial charge in [-0.25, -0.2) is 8.42 Å². The molecule has 1 fully saturated rings. The summed E-state index contributed by atoms with van der Waals surface area (Å²) in [6.45, 7) is 3.18. The maximum atomic E-state index is 13.6. The highest BCUT2D eigenvalue weighted by Crippen LogP contribution is 2.35. The zero-order chi connectivity index (χ0) is 23.7. The van der Waals surface area contributed by atoms with Gasteiger partial charge < -0.3 is 9.32 Å². The maximum absolute atomic E-state index is 13.6. The van der Waals surface area contributed by atoms with Gasteiger partial charge >= 0.3 is 0 Å². The summed E-state index contributed by atoms with van der Waals surface area (Å²) < 4.78 is 33.1. The van der Waals surface area contributed by atoms with Crippen LogP contribution in [0.4, 0.5) is 0 Å². The van der Waals surface area contributed by atoms with E-state index in [4.69, 9.17) is 16.0 Å². The number of para-hydroxylation sites is 1. The monoisotopic (exact) mass is 494 g/mol. The number of carbonyl (C=O) groups is 1. The van der Waals surface area contributed by atoms with E-state index in [1.807, 2.05) is 18.2 Å². The lowest BCUT2D eigenvalue weighted by molar-refractivity contribution is 0.0595. The van der Waals surface area contributed by atoms with Crippen LogP contribution in [0.2, 0.25) is 5.02 Å². The molecule has 5 rings (SSSR count). The minimum atomic E-state index is -4.02. The second kappa shape index (κ2) is 9.25. The van der Waals surface area contributed by atoms with Crippen LogP contribution < -0.4 is 0 Å². The van der Waals surface area contributed by atoms with E-state index in [9.17, 15) is 13.2 Å². The number of furan rings is 1. The van der Waals surface area contributed by atoms with E-state index in [2.05, 4.69) is 17.0 Å². The molecule has 34 heavy (non-hydrogen) atoms. The standard InChI is InChI=1S/C26H23ClN2O4S/c27-20-10-12-21(13-11-20)34(31,32)25-22-8-4-5-9-23(22)33-24(25)26(30)29-16-14-28(15-17-29)18-19-6-2-1-3-7-19/h1-13H,14-18H2. The van der Waals surface area contributed by atoms with Gasteiger partial charge in [-0.05, 0) is 42.0 Å². The Bertz CT molecular complexity index is 1420. The van der Waals surface area contributed by atoms with E-state index < -0.39 is 15.7 Å². The number of sulfone groups is 1. The molecular formula is C26H23ClN2O4S. The minimum Gasteiger partial charge on any atom is -0.449 e. The van der Waals surface area contributed by atoms with E-state index >= 15 is 0 Å². The lowest BCUT2D eigenvalue weighted by atomic mass is 10.2. The van der Waals surface area contributed by atoms with Gasteiger partial charge in [0.05, 0.1) is 4.90 Å². The third-order valence-corrected chi connectivity index (χ3v) is 8.13. The lowest BCUT2D eigenvalue weighted by Crippen LogP contribution is -2.48. The summed E-state index contributed by atoms with van der Waals surface area (Å²) in [6.07, 6.45) is 0. The van der Waals surface area contributed by atoms with Crippen LogP contribution in [-0.2, 0) is 16.4 Å². The molecule has 1 saturated heterocycles. The first-order valence-corrected chi connectivity index (χ1v) is 12.9. The van der Waals surface area contributed by atoms with Crippen LogP contribution >= 0.6 is 11.6 Å². The fraction of sp³-hybridized carbons (Fsp3) is 0.192. The second-order valence-corrected chi connectivity index (χ2v) is 10.6. The van der Waals surface area contributed by atoms with Crippen molar-refractivity contribution in [2.75, 3.05) is 26.2 Å². The normalized spacial score (nSPS) is 15.0. The summed E-state index contributed by atoms with van der Waals surface area (Å²) in [5.74, 6) is -0.559. The highest BCUT2D eigenvalue weighted by Gasteiger charge is 2.34. The number of amides is 1. The number of benzene rings is 3. The van der Waals surface area contributed by atoms with Crippen molar-refractivity contribution in [2.45, 2.75) is 16.3 Å². The van der Waals surface area contributed by atoms with Gasteiger partial charge in [0.15, 0.2) is 0 Å². The van der Waals surface area contributed by atoms with Crippen molar-refractivity contribution in [2.24, 2.45) is 0 Å². The molecule has 0 atom stereocenters. The van der Waals surface area contributed by atoms with Gasteiger partial charge in [0.1, 0.15) is 10.5 Å². The second-order valence-electron chi connectivity index (χ2n) is 8.27. The Hall–Kier alpha value is -3.13. The smallest absolute Gasteiger partial charge is 0.291 e. The SMILES string of the molecule is O=C(c1oc2ccccc2c1S(=O)(=O)c1ccc(Cl)cc1)N1CCN(Cc2ccccc2)CC1. The summed E-state index contributed by atoms with van der Waals surface area (Å²) >= 11 is 5.95. The molecule has 2 heterocycles. The average Bonchev–Trinajstić information content (AvgIpc) is 3.25. The van der Waals surface area contributed by atoms with E-state index in [0.29, 0.717) is 42.2 Å². The zero-order valence-electron chi connectivity index (χ0n) is 18.4. The lowest BCUT2D eigenvalue weighted by Gasteiger charge is -2.34. The number of rotatable bonds is 5. The fourth-order valence-corrected chi connectivity index (χ4v) is 5.94. The van der Waals surface area contributed by atoms with E-state index in [1.165, 1.54) is 29.8 Å². The Labute approximate surface area is 203 Å². The molecule has 0 bridgehead atoms. The number of fused-ring (bicyclic) bond motifs is 1. The third-order valence-electron chi connectivity index (χ3n) is 6.05. The number of hydrogen-bond acceptors (Lipinski definition) is 5. The van der Waals surface area contributed by atoms with Gasteiger partial charge in [0, 0.05) is 43.1 Å². The molecule has 0 unspecified atom stereocenters. The van der Waals surface area contributed by atoms with Gasteiger partial charge in [-0.2, -0.15) is 0 Å². The highest BCUT2D eigenvalue weighted by molar-refractivity contribution is 7.91. The van der Waals surface area contributed by atoms with E-state index in [0.717, 1.165) is 6.54 Å². The van der Waals surface area contributed by atoms with Gasteiger partial charge in [-0.1, -0.05) is 54.1 Å². The van der Waals surface area contributed by atoms with Crippen molar-refractivity contribution in [3.8, 4) is 0 Å². The van der Waals surface area contributed by atoms with Gasteiger partial charge in [-0.3, -0.25) is 9.69 Å². The first-order valence-electron chi connectivity index (χ1n) is 11.0. The predicted molar refractivity (Wildman–Crippen MR) is 131 cm³/mol. The first-order chi connectivity index (χ1) is 16.4. The predicted octanol–water partition coefficient (Wildman–Crippen LogP) is 4.88. The molecule has 1 amide bonds. The molecule has 0 saturated carbocycles. The van der Waals surface area contributed by atoms with Gasteiger partial charge in [0.25, 0.3) is 5.91 Å². The van der Waals surface area contributed by atoms with Crippen LogP contribution in [0.15, 0.2) is 93.1 Å². The number of halogens is 1. The van der Waals surface area contributed by atoms with Crippen LogP contribution in [-0.4, -0.2) is 50.3 Å². The quantitative estimate of drug-likeness (QED) is 0.395. The fourth-order valence-electron chi connectivity index (χ4n) is 4.26. The number of piperazine rings is 1. The van der Waals surface area contributed by atoms with Crippen molar-refractivity contribution in [3.05, 3.63) is 95.2 Å². The molecule has 0 radical (unpaired) electrons. The Morgan fingerprint density at radius 2 is 1.50 bits per heavy atom. The van der Waals surface area contributed by atoms with Crippen molar-refractivity contribution < 1.29 is 17.6 Å². The zero-order valence-corrected chi connectivity index (χ0v) is 19.9. The summed E-state index contributed by atoms with van der Waals surface area (Å²) in [4.78, 5) is 17.4. The first kappa shape index (κ1) is 22.7. The molecular weight excluding hydrogens is 472 g/mol. The van der Waals surface area contributed by atoms with Crippen molar-refractivity contribution in [3.63, 3.8) is 0 Å². The Morgan fingerprint density at radius 3 is 2.21 bits per heavy atom. The Balaban J connectivity index is 1.44. The van der Waals surface area contributed by atoms with Crippen LogP contribution in [0.3, 0.4) is 0 Å². The summed E-state index contributed by atoms with van der Waals surface area (Å²) in [5, 5.41) is 0.823. The van der Waals surface area contributed by atoms with Crippen LogP contribution in [0.5, 0.6) is 0 Å². The van der Waals surface area contributed by atoms with Crippen molar-refractivity contribution in [1.29, 1.82) is 0 Å². The molecule has 0 spiro atoms. The molecule has 1 aromatic heterocycles. The molecule has 1 aliphatic rings. The molecule has 174 valence electrons. The van der Waals surface area contributed by atoms with Gasteiger partial charge in [-0.15, -0.1) is 0 Å². The molecule has 3 aromatic carbocycles. The largest absolute Gasteiger partial charge is 0.449 e. The topological polar surface area (TPSA) is 70.8 Å². The van der Waals surface area contributed by atoms with Crippen molar-refractivity contribution >= 4 is 38.3 Å². The summed E-state index contributed by atoms with van der Waals surface area (Å²) in [5.41, 5.74) is 1.58. The molecule has 1 aliphatic heterocycles. The Kier molecular flexibility index (Phi) is 6.16. The average molecular weight is 495 g/mol. The van der Waals surface area contributed by atoms with Crippen LogP contribution in [0, 0.1) is 0 Å². The molecule has 4 aromatic rings. The van der Waals surface area contributed by atoms with Crippen LogP contribution in [0.1, 0.15) is 16.1 Å². The Morgan fingerprint density at radius 1 is 0.853 bits per heavy atom. The van der Waals surface area contributed by atoms with E-state index in [-0.39, 0.29) is 15.6 Å². The minimum absolute atomic E-state index is 0.0604. The third kappa shape index (κ3) is 4.34. The maximum Gasteiger partial charge on any atom is 0.291 e. The molecule has 0 N–H and O–H groups in total. The van der Waals surface area contributed by atoms with E-state index in [1.54, 1.807) is 29.2 Å². The summed E-state index contributed by atoms with van der Waals surface area (Å²) in [6, 6.07) is 22.9. The van der Waals surface area contributed by atoms with Crippen molar-refractivity contribution in [1.82, 2.24) is 9.80 Å². The summed E-state index contributed by atoms with van der Waals surface area (Å²) in [7, 11) is -4.02. The molecule has 0 aliphatic carbocycles. The number of nitrogens with zero attached hydrogens (tertiary/aromatic N) is 2. The molecule has 6 nitrogen and oxygen atoms in total. The molecule has 8 heteroatoms. The number of carbonyl (C=O) groups excluding carboxylic acids is 1. The number of hydrogen-bond donors (Lipinski definition) is 0.